The number of rotatable bonds is 4. The Morgan fingerprint density at radius 2 is 1.94 bits per heavy atom. The zero-order valence-corrected chi connectivity index (χ0v) is 11.8. The van der Waals surface area contributed by atoms with Gasteiger partial charge < -0.3 is 9.73 Å². The highest BCUT2D eigenvalue weighted by molar-refractivity contribution is 9.10. The fourth-order valence-electron chi connectivity index (χ4n) is 1.72. The molecule has 90 valence electrons. The number of hydrogen-bond acceptors (Lipinski definition) is 2. The van der Waals surface area contributed by atoms with Crippen molar-refractivity contribution < 1.29 is 4.42 Å². The number of halogens is 2. The largest absolute Gasteiger partial charge is 0.448 e. The van der Waals surface area contributed by atoms with Gasteiger partial charge in [0.2, 0.25) is 0 Å². The summed E-state index contributed by atoms with van der Waals surface area (Å²) >= 11 is 9.21. The molecule has 4 heteroatoms. The van der Waals surface area contributed by atoms with Crippen LogP contribution in [0.3, 0.4) is 0 Å². The molecule has 17 heavy (non-hydrogen) atoms. The number of benzene rings is 1. The molecule has 2 nitrogen and oxygen atoms in total. The van der Waals surface area contributed by atoms with Crippen LogP contribution in [0.15, 0.2) is 45.3 Å². The Bertz CT molecular complexity index is 480. The monoisotopic (exact) mass is 313 g/mol. The molecule has 0 saturated heterocycles. The predicted molar refractivity (Wildman–Crippen MR) is 73.4 cm³/mol. The van der Waals surface area contributed by atoms with Gasteiger partial charge in [0, 0.05) is 4.47 Å². The average Bonchev–Trinajstić information content (AvgIpc) is 2.75. The van der Waals surface area contributed by atoms with Crippen LogP contribution in [-0.4, -0.2) is 7.05 Å². The summed E-state index contributed by atoms with van der Waals surface area (Å²) < 4.78 is 6.51. The van der Waals surface area contributed by atoms with Gasteiger partial charge in [0.05, 0.1) is 6.04 Å². The molecule has 0 radical (unpaired) electrons. The third-order valence-electron chi connectivity index (χ3n) is 2.64. The van der Waals surface area contributed by atoms with Gasteiger partial charge in [-0.25, -0.2) is 0 Å². The van der Waals surface area contributed by atoms with Crippen LogP contribution in [0.5, 0.6) is 0 Å². The Balaban J connectivity index is 2.12. The van der Waals surface area contributed by atoms with Crippen LogP contribution >= 0.6 is 27.5 Å². The Morgan fingerprint density at radius 1 is 1.24 bits per heavy atom. The van der Waals surface area contributed by atoms with Crippen LogP contribution in [-0.2, 0) is 6.42 Å². The van der Waals surface area contributed by atoms with Crippen molar-refractivity contribution in [3.63, 3.8) is 0 Å². The predicted octanol–water partition coefficient (Wildman–Crippen LogP) is 4.20. The Labute approximate surface area is 114 Å². The van der Waals surface area contributed by atoms with E-state index >= 15 is 0 Å². The fourth-order valence-corrected chi connectivity index (χ4v) is 2.13. The average molecular weight is 315 g/mol. The molecule has 1 atom stereocenters. The van der Waals surface area contributed by atoms with E-state index in [9.17, 15) is 0 Å². The van der Waals surface area contributed by atoms with Crippen molar-refractivity contribution in [3.8, 4) is 0 Å². The van der Waals surface area contributed by atoms with E-state index in [1.54, 1.807) is 6.07 Å². The lowest BCUT2D eigenvalue weighted by Gasteiger charge is -2.13. The molecular formula is C13H13BrClNO. The van der Waals surface area contributed by atoms with E-state index in [1.165, 1.54) is 5.56 Å². The summed E-state index contributed by atoms with van der Waals surface area (Å²) in [7, 11) is 1.92. The zero-order valence-electron chi connectivity index (χ0n) is 9.41. The van der Waals surface area contributed by atoms with E-state index in [2.05, 4.69) is 33.4 Å². The molecule has 1 aromatic carbocycles. The highest BCUT2D eigenvalue weighted by atomic mass is 79.9. The highest BCUT2D eigenvalue weighted by Crippen LogP contribution is 2.23. The van der Waals surface area contributed by atoms with Gasteiger partial charge in [0.15, 0.2) is 5.22 Å². The van der Waals surface area contributed by atoms with Gasteiger partial charge in [-0.15, -0.1) is 0 Å². The summed E-state index contributed by atoms with van der Waals surface area (Å²) in [6.07, 6.45) is 0.869. The second-order valence-corrected chi connectivity index (χ2v) is 5.10. The quantitative estimate of drug-likeness (QED) is 0.915. The SMILES string of the molecule is CNC(Cc1ccc(Br)cc1)c1ccc(Cl)o1. The lowest BCUT2D eigenvalue weighted by molar-refractivity contribution is 0.430. The van der Waals surface area contributed by atoms with Crippen LogP contribution in [0.25, 0.3) is 0 Å². The third-order valence-corrected chi connectivity index (χ3v) is 3.37. The van der Waals surface area contributed by atoms with Gasteiger partial charge in [0.25, 0.3) is 0 Å². The maximum absolute atomic E-state index is 5.78. The van der Waals surface area contributed by atoms with E-state index in [-0.39, 0.29) is 6.04 Å². The zero-order chi connectivity index (χ0) is 12.3. The summed E-state index contributed by atoms with van der Waals surface area (Å²) in [6.45, 7) is 0. The first-order chi connectivity index (χ1) is 8.19. The Morgan fingerprint density at radius 3 is 2.47 bits per heavy atom. The topological polar surface area (TPSA) is 25.2 Å². The van der Waals surface area contributed by atoms with Gasteiger partial charge in [0.1, 0.15) is 5.76 Å². The number of nitrogens with one attached hydrogen (secondary N) is 1. The normalized spacial score (nSPS) is 12.6. The van der Waals surface area contributed by atoms with Gasteiger partial charge in [-0.1, -0.05) is 28.1 Å². The number of furan rings is 1. The molecule has 1 heterocycles. The van der Waals surface area contributed by atoms with Gasteiger partial charge in [-0.3, -0.25) is 0 Å². The maximum Gasteiger partial charge on any atom is 0.193 e. The van der Waals surface area contributed by atoms with Gasteiger partial charge >= 0.3 is 0 Å². The van der Waals surface area contributed by atoms with E-state index in [1.807, 2.05) is 25.2 Å². The summed E-state index contributed by atoms with van der Waals surface area (Å²) in [5.74, 6) is 0.861. The molecule has 0 spiro atoms. The Hall–Kier alpha value is -0.770. The summed E-state index contributed by atoms with van der Waals surface area (Å²) in [5, 5.41) is 3.66. The second kappa shape index (κ2) is 5.71. The Kier molecular flexibility index (Phi) is 4.26. The van der Waals surface area contributed by atoms with Crippen molar-refractivity contribution in [2.45, 2.75) is 12.5 Å². The van der Waals surface area contributed by atoms with E-state index in [4.69, 9.17) is 16.0 Å². The minimum atomic E-state index is 0.142. The molecule has 2 rings (SSSR count). The lowest BCUT2D eigenvalue weighted by atomic mass is 10.0. The first kappa shape index (κ1) is 12.7. The molecule has 0 amide bonds. The molecule has 0 fully saturated rings. The van der Waals surface area contributed by atoms with E-state index in [0.717, 1.165) is 16.7 Å². The van der Waals surface area contributed by atoms with Crippen LogP contribution in [0.4, 0.5) is 0 Å². The summed E-state index contributed by atoms with van der Waals surface area (Å²) in [5.41, 5.74) is 1.25. The van der Waals surface area contributed by atoms with Gasteiger partial charge in [-0.05, 0) is 54.9 Å². The molecule has 1 aromatic heterocycles. The van der Waals surface area contributed by atoms with Gasteiger partial charge in [-0.2, -0.15) is 0 Å². The molecular weight excluding hydrogens is 302 g/mol. The van der Waals surface area contributed by atoms with Crippen molar-refractivity contribution in [3.05, 3.63) is 57.4 Å². The molecule has 0 bridgehead atoms. The third kappa shape index (κ3) is 3.35. The minimum Gasteiger partial charge on any atom is -0.448 e. The van der Waals surface area contributed by atoms with Crippen molar-refractivity contribution in [1.82, 2.24) is 5.32 Å². The standard InChI is InChI=1S/C13H13BrClNO/c1-16-11(12-6-7-13(15)17-12)8-9-2-4-10(14)5-3-9/h2-7,11,16H,8H2,1H3. The van der Waals surface area contributed by atoms with Crippen molar-refractivity contribution in [1.29, 1.82) is 0 Å². The molecule has 0 aliphatic heterocycles. The van der Waals surface area contributed by atoms with Crippen molar-refractivity contribution in [2.24, 2.45) is 0 Å². The minimum absolute atomic E-state index is 0.142. The van der Waals surface area contributed by atoms with Crippen LogP contribution in [0.2, 0.25) is 5.22 Å². The lowest BCUT2D eigenvalue weighted by Crippen LogP contribution is -2.18. The first-order valence-electron chi connectivity index (χ1n) is 5.36. The van der Waals surface area contributed by atoms with Crippen molar-refractivity contribution >= 4 is 27.5 Å². The smallest absolute Gasteiger partial charge is 0.193 e. The molecule has 0 aliphatic rings. The highest BCUT2D eigenvalue weighted by Gasteiger charge is 2.13. The summed E-state index contributed by atoms with van der Waals surface area (Å²) in [4.78, 5) is 0. The molecule has 2 aromatic rings. The fraction of sp³-hybridized carbons (Fsp3) is 0.231. The second-order valence-electron chi connectivity index (χ2n) is 3.81. The maximum atomic E-state index is 5.78. The van der Waals surface area contributed by atoms with Crippen molar-refractivity contribution in [2.75, 3.05) is 7.05 Å². The number of hydrogen-bond donors (Lipinski definition) is 1. The van der Waals surface area contributed by atoms with E-state index < -0.39 is 0 Å². The van der Waals surface area contributed by atoms with Crippen LogP contribution < -0.4 is 5.32 Å². The molecule has 0 aliphatic carbocycles. The van der Waals surface area contributed by atoms with Crippen LogP contribution in [0, 0.1) is 0 Å². The first-order valence-corrected chi connectivity index (χ1v) is 6.53. The van der Waals surface area contributed by atoms with Crippen LogP contribution in [0.1, 0.15) is 17.4 Å². The molecule has 1 unspecified atom stereocenters. The summed E-state index contributed by atoms with van der Waals surface area (Å²) in [6, 6.07) is 12.1. The van der Waals surface area contributed by atoms with E-state index in [0.29, 0.717) is 5.22 Å². The molecule has 0 saturated carbocycles. The molecule has 1 N–H and O–H groups in total. The number of likely N-dealkylation sites (N-methyl/N-ethyl adjacent to an activating group) is 1.